The molecule has 32 heavy (non-hydrogen) atoms. The topological polar surface area (TPSA) is 28.5 Å². The van der Waals surface area contributed by atoms with Gasteiger partial charge in [0.15, 0.2) is 5.11 Å². The molecule has 1 fully saturated rings. The van der Waals surface area contributed by atoms with E-state index in [1.54, 1.807) is 9.80 Å². The molecular formula is C26H30ClN3OS. The highest BCUT2D eigenvalue weighted by atomic mass is 35.5. The first-order valence-corrected chi connectivity index (χ1v) is 12.3. The average molecular weight is 468 g/mol. The standard InChI is InChI=1S/C26H30ClN3OS/c1-4-6-7-8-9-14-30-22-12-10-18(15-20(22)21-17-19(27)11-13-23(21)30)16-24-25(31)29(5-2)26(32)28(24)3/h10-13,15-17H,4-9,14H2,1-3H3/b24-16-. The van der Waals surface area contributed by atoms with E-state index in [1.807, 2.05) is 32.2 Å². The summed E-state index contributed by atoms with van der Waals surface area (Å²) in [6, 6.07) is 12.5. The smallest absolute Gasteiger partial charge is 0.276 e. The highest BCUT2D eigenvalue weighted by Crippen LogP contribution is 2.33. The second kappa shape index (κ2) is 9.63. The number of unbranched alkanes of at least 4 members (excludes halogenated alkanes) is 4. The number of carbonyl (C=O) groups is 1. The SMILES string of the molecule is CCCCCCCn1c2ccc(Cl)cc2c2cc(/C=C3/C(=O)N(CC)C(=S)N3C)ccc21. The highest BCUT2D eigenvalue weighted by Gasteiger charge is 2.34. The summed E-state index contributed by atoms with van der Waals surface area (Å²) in [7, 11) is 1.85. The van der Waals surface area contributed by atoms with Gasteiger partial charge in [-0.15, -0.1) is 0 Å². The highest BCUT2D eigenvalue weighted by molar-refractivity contribution is 7.80. The zero-order valence-electron chi connectivity index (χ0n) is 19.0. The van der Waals surface area contributed by atoms with Crippen LogP contribution in [-0.2, 0) is 11.3 Å². The third-order valence-corrected chi connectivity index (χ3v) is 7.03. The van der Waals surface area contributed by atoms with Crippen molar-refractivity contribution in [2.24, 2.45) is 0 Å². The van der Waals surface area contributed by atoms with Gasteiger partial charge in [0.2, 0.25) is 0 Å². The Morgan fingerprint density at radius 3 is 2.34 bits per heavy atom. The number of hydrogen-bond donors (Lipinski definition) is 0. The number of hydrogen-bond acceptors (Lipinski definition) is 2. The van der Waals surface area contributed by atoms with Crippen molar-refractivity contribution in [1.82, 2.24) is 14.4 Å². The summed E-state index contributed by atoms with van der Waals surface area (Å²) in [6.45, 7) is 5.75. The van der Waals surface area contributed by atoms with E-state index in [9.17, 15) is 4.79 Å². The molecule has 0 atom stereocenters. The van der Waals surface area contributed by atoms with Crippen molar-refractivity contribution >= 4 is 62.7 Å². The lowest BCUT2D eigenvalue weighted by Gasteiger charge is -2.13. The van der Waals surface area contributed by atoms with Crippen LogP contribution in [0.25, 0.3) is 27.9 Å². The molecule has 3 aromatic rings. The Balaban J connectivity index is 1.74. The maximum Gasteiger partial charge on any atom is 0.276 e. The number of thiocarbonyl (C=S) groups is 1. The van der Waals surface area contributed by atoms with E-state index >= 15 is 0 Å². The number of fused-ring (bicyclic) bond motifs is 3. The number of benzene rings is 2. The molecule has 4 nitrogen and oxygen atoms in total. The number of rotatable bonds is 8. The van der Waals surface area contributed by atoms with Crippen LogP contribution in [0.1, 0.15) is 51.5 Å². The molecule has 0 spiro atoms. The minimum atomic E-state index is -0.0438. The number of carbonyl (C=O) groups excluding carboxylic acids is 1. The van der Waals surface area contributed by atoms with Gasteiger partial charge in [-0.25, -0.2) is 0 Å². The van der Waals surface area contributed by atoms with Crippen molar-refractivity contribution < 1.29 is 4.79 Å². The molecule has 0 aliphatic carbocycles. The Hall–Kier alpha value is -2.37. The zero-order chi connectivity index (χ0) is 22.8. The fourth-order valence-corrected chi connectivity index (χ4v) is 5.03. The van der Waals surface area contributed by atoms with Gasteiger partial charge in [-0.2, -0.15) is 0 Å². The van der Waals surface area contributed by atoms with Gasteiger partial charge >= 0.3 is 0 Å². The van der Waals surface area contributed by atoms with Gasteiger partial charge in [0, 0.05) is 47.0 Å². The number of aromatic nitrogens is 1. The maximum atomic E-state index is 12.8. The van der Waals surface area contributed by atoms with E-state index in [-0.39, 0.29) is 5.91 Å². The van der Waals surface area contributed by atoms with Gasteiger partial charge in [0.25, 0.3) is 5.91 Å². The third kappa shape index (κ3) is 4.16. The van der Waals surface area contributed by atoms with E-state index < -0.39 is 0 Å². The first-order valence-electron chi connectivity index (χ1n) is 11.5. The van der Waals surface area contributed by atoms with Crippen LogP contribution in [0.15, 0.2) is 42.1 Å². The summed E-state index contributed by atoms with van der Waals surface area (Å²) in [5.74, 6) is -0.0438. The summed E-state index contributed by atoms with van der Waals surface area (Å²) < 4.78 is 2.41. The summed E-state index contributed by atoms with van der Waals surface area (Å²) in [5.41, 5.74) is 4.00. The molecule has 1 aromatic heterocycles. The van der Waals surface area contributed by atoms with Gasteiger partial charge < -0.3 is 9.47 Å². The Morgan fingerprint density at radius 1 is 0.969 bits per heavy atom. The first-order chi connectivity index (χ1) is 15.5. The van der Waals surface area contributed by atoms with Gasteiger partial charge in [-0.3, -0.25) is 9.69 Å². The molecule has 0 unspecified atom stereocenters. The minimum absolute atomic E-state index is 0.0438. The largest absolute Gasteiger partial charge is 0.340 e. The van der Waals surface area contributed by atoms with Gasteiger partial charge in [-0.1, -0.05) is 50.3 Å². The van der Waals surface area contributed by atoms with Crippen LogP contribution < -0.4 is 0 Å². The van der Waals surface area contributed by atoms with Crippen LogP contribution in [0.4, 0.5) is 0 Å². The molecule has 0 saturated carbocycles. The summed E-state index contributed by atoms with van der Waals surface area (Å²) >= 11 is 11.8. The van der Waals surface area contributed by atoms with Crippen molar-refractivity contribution in [3.05, 3.63) is 52.7 Å². The zero-order valence-corrected chi connectivity index (χ0v) is 20.6. The Morgan fingerprint density at radius 2 is 1.66 bits per heavy atom. The average Bonchev–Trinajstić information content (AvgIpc) is 3.19. The number of nitrogens with zero attached hydrogens (tertiary/aromatic N) is 3. The van der Waals surface area contributed by atoms with Crippen LogP contribution in [0.3, 0.4) is 0 Å². The van der Waals surface area contributed by atoms with E-state index in [0.717, 1.165) is 34.3 Å². The monoisotopic (exact) mass is 467 g/mol. The predicted octanol–water partition coefficient (Wildman–Crippen LogP) is 6.84. The van der Waals surface area contributed by atoms with Gasteiger partial charge in [-0.05, 0) is 67.5 Å². The van der Waals surface area contributed by atoms with Crippen molar-refractivity contribution in [3.8, 4) is 0 Å². The fraction of sp³-hybridized carbons (Fsp3) is 0.385. The molecule has 2 aromatic carbocycles. The van der Waals surface area contributed by atoms with E-state index in [0.29, 0.717) is 17.4 Å². The number of aryl methyl sites for hydroxylation is 1. The van der Waals surface area contributed by atoms with Crippen molar-refractivity contribution in [3.63, 3.8) is 0 Å². The third-order valence-electron chi connectivity index (χ3n) is 6.30. The lowest BCUT2D eigenvalue weighted by atomic mass is 10.1. The summed E-state index contributed by atoms with van der Waals surface area (Å²) in [5, 5.41) is 3.60. The second-order valence-electron chi connectivity index (χ2n) is 8.42. The summed E-state index contributed by atoms with van der Waals surface area (Å²) in [4.78, 5) is 16.2. The molecule has 168 valence electrons. The maximum absolute atomic E-state index is 12.8. The molecule has 0 N–H and O–H groups in total. The van der Waals surface area contributed by atoms with Crippen molar-refractivity contribution in [2.75, 3.05) is 13.6 Å². The van der Waals surface area contributed by atoms with Crippen LogP contribution in [0, 0.1) is 0 Å². The van der Waals surface area contributed by atoms with E-state index in [4.69, 9.17) is 23.8 Å². The van der Waals surface area contributed by atoms with Crippen molar-refractivity contribution in [1.29, 1.82) is 0 Å². The fourth-order valence-electron chi connectivity index (χ4n) is 4.55. The van der Waals surface area contributed by atoms with Gasteiger partial charge in [0.05, 0.1) is 0 Å². The number of halogens is 1. The Kier molecular flexibility index (Phi) is 6.87. The molecule has 0 radical (unpaired) electrons. The van der Waals surface area contributed by atoms with Crippen LogP contribution in [0.2, 0.25) is 5.02 Å². The Labute approximate surface area is 200 Å². The van der Waals surface area contributed by atoms with Crippen LogP contribution in [0.5, 0.6) is 0 Å². The minimum Gasteiger partial charge on any atom is -0.340 e. The predicted molar refractivity (Wildman–Crippen MR) is 139 cm³/mol. The van der Waals surface area contributed by atoms with Crippen molar-refractivity contribution in [2.45, 2.75) is 52.5 Å². The summed E-state index contributed by atoms with van der Waals surface area (Å²) in [6.07, 6.45) is 8.18. The van der Waals surface area contributed by atoms with E-state index in [2.05, 4.69) is 35.8 Å². The molecule has 1 amide bonds. The second-order valence-corrected chi connectivity index (χ2v) is 9.23. The van der Waals surface area contributed by atoms with Gasteiger partial charge in [0.1, 0.15) is 5.70 Å². The molecule has 1 aliphatic rings. The van der Waals surface area contributed by atoms with Crippen LogP contribution in [-0.4, -0.2) is 39.0 Å². The lowest BCUT2D eigenvalue weighted by Crippen LogP contribution is -2.30. The molecule has 1 saturated heterocycles. The normalized spacial score (nSPS) is 15.8. The molecule has 0 bridgehead atoms. The molecule has 6 heteroatoms. The number of likely N-dealkylation sites (N-methyl/N-ethyl adjacent to an activating group) is 2. The Bertz CT molecular complexity index is 1210. The van der Waals surface area contributed by atoms with E-state index in [1.165, 1.54) is 36.7 Å². The molecule has 4 rings (SSSR count). The first kappa shape index (κ1) is 22.8. The lowest BCUT2D eigenvalue weighted by molar-refractivity contribution is -0.122. The quantitative estimate of drug-likeness (QED) is 0.206. The molecule has 2 heterocycles. The number of amides is 1. The molecular weight excluding hydrogens is 438 g/mol. The van der Waals surface area contributed by atoms with Crippen LogP contribution >= 0.6 is 23.8 Å². The molecule has 1 aliphatic heterocycles.